The summed E-state index contributed by atoms with van der Waals surface area (Å²) in [6.45, 7) is 0.148. The van der Waals surface area contributed by atoms with Crippen LogP contribution in [-0.2, 0) is 17.9 Å². The molecule has 162 valence electrons. The van der Waals surface area contributed by atoms with E-state index in [2.05, 4.69) is 10.3 Å². The summed E-state index contributed by atoms with van der Waals surface area (Å²) in [5.41, 5.74) is 3.46. The summed E-state index contributed by atoms with van der Waals surface area (Å²) < 4.78 is 16.8. The first-order chi connectivity index (χ1) is 16.1. The number of Topliss-reactive ketones (excluding diaryl/α,β-unsaturated/α-hetero) is 1. The second-order valence-corrected chi connectivity index (χ2v) is 7.72. The predicted molar refractivity (Wildman–Crippen MR) is 123 cm³/mol. The van der Waals surface area contributed by atoms with Gasteiger partial charge in [-0.2, -0.15) is 0 Å². The maximum Gasteiger partial charge on any atom is 0.266 e. The molecule has 0 saturated heterocycles. The molecule has 1 N–H and O–H groups in total. The Morgan fingerprint density at radius 3 is 2.58 bits per heavy atom. The number of anilines is 1. The number of fused-ring (bicyclic) bond motifs is 2. The lowest BCUT2D eigenvalue weighted by Gasteiger charge is -2.07. The van der Waals surface area contributed by atoms with Crippen molar-refractivity contribution in [3.63, 3.8) is 0 Å². The number of para-hydroxylation sites is 3. The van der Waals surface area contributed by atoms with Crippen molar-refractivity contribution in [3.05, 3.63) is 103 Å². The van der Waals surface area contributed by atoms with Crippen LogP contribution in [0.15, 0.2) is 91.4 Å². The Bertz CT molecular complexity index is 1490. The predicted octanol–water partition coefficient (Wildman–Crippen LogP) is 4.14. The third kappa shape index (κ3) is 4.21. The van der Waals surface area contributed by atoms with E-state index in [0.717, 1.165) is 21.9 Å². The van der Waals surface area contributed by atoms with Crippen molar-refractivity contribution in [1.82, 2.24) is 9.55 Å². The summed E-state index contributed by atoms with van der Waals surface area (Å²) in [6, 6.07) is 22.5. The minimum atomic E-state index is -0.386. The van der Waals surface area contributed by atoms with Crippen LogP contribution in [-0.4, -0.2) is 21.2 Å². The zero-order chi connectivity index (χ0) is 22.8. The van der Waals surface area contributed by atoms with Gasteiger partial charge in [-0.05, 0) is 48.5 Å². The first-order valence-corrected chi connectivity index (χ1v) is 10.5. The van der Waals surface area contributed by atoms with E-state index in [1.165, 1.54) is 24.3 Å². The monoisotopic (exact) mass is 439 g/mol. The Morgan fingerprint density at radius 2 is 1.73 bits per heavy atom. The molecule has 6 nitrogen and oxygen atoms in total. The van der Waals surface area contributed by atoms with Crippen LogP contribution in [0.4, 0.5) is 10.1 Å². The Balaban J connectivity index is 1.40. The van der Waals surface area contributed by atoms with E-state index < -0.39 is 0 Å². The van der Waals surface area contributed by atoms with Gasteiger partial charge < -0.3 is 5.32 Å². The lowest BCUT2D eigenvalue weighted by atomic mass is 10.1. The standard InChI is InChI=1S/C26H19FN4O2/c27-20-12-10-18(11-13-20)24(32)15-30-17-31(23-9-2-1-8-22(23)30)16-25(33)29-21-7-3-5-19-6-4-14-28-26(19)21/h1-14,17H,15-16H2/p+1. The number of nitrogens with one attached hydrogen (secondary N) is 1. The van der Waals surface area contributed by atoms with Crippen molar-refractivity contribution in [2.45, 2.75) is 13.1 Å². The highest BCUT2D eigenvalue weighted by Gasteiger charge is 2.20. The number of nitrogens with zero attached hydrogens (tertiary/aromatic N) is 3. The van der Waals surface area contributed by atoms with Gasteiger partial charge in [0, 0.05) is 17.1 Å². The fourth-order valence-corrected chi connectivity index (χ4v) is 3.93. The van der Waals surface area contributed by atoms with E-state index in [1.54, 1.807) is 21.7 Å². The average molecular weight is 439 g/mol. The normalized spacial score (nSPS) is 11.1. The molecule has 0 saturated carbocycles. The number of hydrogen-bond acceptors (Lipinski definition) is 3. The van der Waals surface area contributed by atoms with E-state index in [9.17, 15) is 14.0 Å². The van der Waals surface area contributed by atoms with E-state index >= 15 is 0 Å². The number of ketones is 1. The molecule has 0 aliphatic heterocycles. The number of carbonyl (C=O) groups is 2. The van der Waals surface area contributed by atoms with E-state index in [0.29, 0.717) is 11.3 Å². The SMILES string of the molecule is O=C(Cn1c[n+](CC(=O)c2ccc(F)cc2)c2ccccc21)Nc1cccc2cccnc12. The summed E-state index contributed by atoms with van der Waals surface area (Å²) >= 11 is 0. The smallest absolute Gasteiger partial charge is 0.266 e. The minimum absolute atomic E-state index is 0.0709. The summed E-state index contributed by atoms with van der Waals surface area (Å²) in [5, 5.41) is 3.89. The van der Waals surface area contributed by atoms with Crippen LogP contribution in [0.2, 0.25) is 0 Å². The van der Waals surface area contributed by atoms with Crippen molar-refractivity contribution in [1.29, 1.82) is 0 Å². The highest BCUT2D eigenvalue weighted by Crippen LogP contribution is 2.21. The Kier molecular flexibility index (Phi) is 5.36. The highest BCUT2D eigenvalue weighted by atomic mass is 19.1. The van der Waals surface area contributed by atoms with Gasteiger partial charge in [0.05, 0.1) is 11.2 Å². The molecule has 0 radical (unpaired) electrons. The number of halogens is 1. The Labute approximate surface area is 188 Å². The topological polar surface area (TPSA) is 67.9 Å². The summed E-state index contributed by atoms with van der Waals surface area (Å²) in [6.07, 6.45) is 3.45. The fourth-order valence-electron chi connectivity index (χ4n) is 3.93. The third-order valence-corrected chi connectivity index (χ3v) is 5.48. The number of benzene rings is 3. The lowest BCUT2D eigenvalue weighted by Crippen LogP contribution is -2.37. The zero-order valence-corrected chi connectivity index (χ0v) is 17.6. The van der Waals surface area contributed by atoms with E-state index in [4.69, 9.17) is 0 Å². The van der Waals surface area contributed by atoms with Crippen LogP contribution in [0.5, 0.6) is 0 Å². The molecular weight excluding hydrogens is 419 g/mol. The van der Waals surface area contributed by atoms with Gasteiger partial charge in [0.15, 0.2) is 24.1 Å². The van der Waals surface area contributed by atoms with Crippen molar-refractivity contribution in [2.75, 3.05) is 5.32 Å². The maximum absolute atomic E-state index is 13.2. The number of aromatic nitrogens is 3. The third-order valence-electron chi connectivity index (χ3n) is 5.48. The minimum Gasteiger partial charge on any atom is -0.321 e. The van der Waals surface area contributed by atoms with Gasteiger partial charge in [0.1, 0.15) is 5.82 Å². The van der Waals surface area contributed by atoms with Gasteiger partial charge in [-0.1, -0.05) is 30.3 Å². The Hall–Kier alpha value is -4.39. The number of hydrogen-bond donors (Lipinski definition) is 1. The van der Waals surface area contributed by atoms with Crippen LogP contribution in [0.25, 0.3) is 21.9 Å². The van der Waals surface area contributed by atoms with Crippen molar-refractivity contribution in [3.8, 4) is 0 Å². The molecule has 0 aliphatic carbocycles. The number of imidazole rings is 1. The van der Waals surface area contributed by atoms with Crippen LogP contribution in [0, 0.1) is 5.82 Å². The van der Waals surface area contributed by atoms with Gasteiger partial charge in [0.2, 0.25) is 12.1 Å². The zero-order valence-electron chi connectivity index (χ0n) is 17.6. The molecule has 7 heteroatoms. The van der Waals surface area contributed by atoms with Gasteiger partial charge >= 0.3 is 0 Å². The Morgan fingerprint density at radius 1 is 0.939 bits per heavy atom. The molecule has 2 heterocycles. The van der Waals surface area contributed by atoms with E-state index in [1.807, 2.05) is 54.6 Å². The number of carbonyl (C=O) groups excluding carboxylic acids is 2. The molecule has 33 heavy (non-hydrogen) atoms. The molecule has 0 aliphatic rings. The molecule has 5 rings (SSSR count). The molecule has 3 aromatic carbocycles. The van der Waals surface area contributed by atoms with Crippen molar-refractivity contribution in [2.24, 2.45) is 0 Å². The van der Waals surface area contributed by atoms with Crippen LogP contribution < -0.4 is 9.88 Å². The first kappa shape index (κ1) is 20.5. The molecular formula is C26H20FN4O2+. The average Bonchev–Trinajstić information content (AvgIpc) is 3.16. The molecule has 2 aromatic heterocycles. The van der Waals surface area contributed by atoms with Crippen molar-refractivity contribution >= 4 is 39.3 Å². The second kappa shape index (κ2) is 8.63. The van der Waals surface area contributed by atoms with Gasteiger partial charge in [-0.25, -0.2) is 13.5 Å². The summed E-state index contributed by atoms with van der Waals surface area (Å²) in [4.78, 5) is 30.0. The lowest BCUT2D eigenvalue weighted by molar-refractivity contribution is -0.657. The van der Waals surface area contributed by atoms with Gasteiger partial charge in [-0.3, -0.25) is 14.6 Å². The summed E-state index contributed by atoms with van der Waals surface area (Å²) in [5.74, 6) is -0.733. The number of rotatable bonds is 6. The van der Waals surface area contributed by atoms with Gasteiger partial charge in [0.25, 0.3) is 5.91 Å². The van der Waals surface area contributed by atoms with E-state index in [-0.39, 0.29) is 30.6 Å². The molecule has 0 fully saturated rings. The quantitative estimate of drug-likeness (QED) is 0.319. The molecule has 1 amide bonds. The largest absolute Gasteiger partial charge is 0.321 e. The fraction of sp³-hybridized carbons (Fsp3) is 0.0769. The number of amides is 1. The maximum atomic E-state index is 13.2. The van der Waals surface area contributed by atoms with Crippen LogP contribution >= 0.6 is 0 Å². The van der Waals surface area contributed by atoms with Crippen LogP contribution in [0.3, 0.4) is 0 Å². The second-order valence-electron chi connectivity index (χ2n) is 7.72. The molecule has 5 aromatic rings. The first-order valence-electron chi connectivity index (χ1n) is 10.5. The van der Waals surface area contributed by atoms with Crippen molar-refractivity contribution < 1.29 is 18.5 Å². The molecule has 0 atom stereocenters. The van der Waals surface area contributed by atoms with Crippen LogP contribution in [0.1, 0.15) is 10.4 Å². The summed E-state index contributed by atoms with van der Waals surface area (Å²) in [7, 11) is 0. The molecule has 0 spiro atoms. The number of pyridine rings is 1. The molecule has 0 bridgehead atoms. The highest BCUT2D eigenvalue weighted by molar-refractivity contribution is 6.00. The molecule has 0 unspecified atom stereocenters. The van der Waals surface area contributed by atoms with Gasteiger partial charge in [-0.15, -0.1) is 0 Å².